The summed E-state index contributed by atoms with van der Waals surface area (Å²) in [7, 11) is 0. The summed E-state index contributed by atoms with van der Waals surface area (Å²) in [6.45, 7) is 10.5. The number of fused-ring (bicyclic) bond motifs is 3. The van der Waals surface area contributed by atoms with Gasteiger partial charge in [-0.3, -0.25) is 19.3 Å². The van der Waals surface area contributed by atoms with E-state index in [1.54, 1.807) is 0 Å². The van der Waals surface area contributed by atoms with E-state index in [0.717, 1.165) is 56.7 Å². The summed E-state index contributed by atoms with van der Waals surface area (Å²) in [5.74, 6) is -2.09. The highest BCUT2D eigenvalue weighted by Gasteiger charge is 2.46. The van der Waals surface area contributed by atoms with Crippen LogP contribution in [-0.2, 0) is 34.2 Å². The van der Waals surface area contributed by atoms with Crippen molar-refractivity contribution in [2.45, 2.75) is 44.3 Å². The fraction of sp³-hybridized carbons (Fsp3) is 0.170. The lowest BCUT2D eigenvalue weighted by Crippen LogP contribution is -2.32. The number of amides is 2. The second-order valence-corrected chi connectivity index (χ2v) is 14.9. The zero-order valence-electron chi connectivity index (χ0n) is 35.2. The largest absolute Gasteiger partial charge is 0.457 e. The van der Waals surface area contributed by atoms with E-state index in [1.165, 1.54) is 0 Å². The molecule has 1 aliphatic carbocycles. The van der Waals surface area contributed by atoms with E-state index < -0.39 is 41.4 Å². The van der Waals surface area contributed by atoms with Crippen LogP contribution in [0.2, 0.25) is 0 Å². The Morgan fingerprint density at radius 3 is 1.29 bits per heavy atom. The lowest BCUT2D eigenvalue weighted by atomic mass is 9.66. The Kier molecular flexibility index (Phi) is 13.9. The summed E-state index contributed by atoms with van der Waals surface area (Å²) in [6.07, 6.45) is 1.96. The molecule has 0 heterocycles. The van der Waals surface area contributed by atoms with Crippen LogP contribution in [0.25, 0.3) is 33.4 Å². The zero-order valence-corrected chi connectivity index (χ0v) is 35.2. The maximum atomic E-state index is 14.0. The summed E-state index contributed by atoms with van der Waals surface area (Å²) in [5, 5.41) is 0. The Bertz CT molecular complexity index is 2460. The molecule has 0 fully saturated rings. The van der Waals surface area contributed by atoms with Crippen LogP contribution in [0.15, 0.2) is 171 Å². The first-order valence-corrected chi connectivity index (χ1v) is 20.8. The molecule has 0 spiro atoms. The molecule has 7 rings (SSSR count). The maximum Gasteiger partial charge on any atom is 0.330 e. The molecule has 10 nitrogen and oxygen atoms in total. The Morgan fingerprint density at radius 2 is 0.905 bits per heavy atom. The second kappa shape index (κ2) is 20.0. The van der Waals surface area contributed by atoms with E-state index in [9.17, 15) is 19.2 Å². The number of esters is 2. The van der Waals surface area contributed by atoms with Gasteiger partial charge in [-0.1, -0.05) is 148 Å². The van der Waals surface area contributed by atoms with Gasteiger partial charge in [0.1, 0.15) is 25.4 Å². The number of benzene rings is 6. The number of hydrogen-bond acceptors (Lipinski definition) is 8. The smallest absolute Gasteiger partial charge is 0.330 e. The van der Waals surface area contributed by atoms with Crippen LogP contribution in [0.3, 0.4) is 0 Å². The van der Waals surface area contributed by atoms with Gasteiger partial charge >= 0.3 is 11.9 Å². The molecular weight excluding hydrogens is 793 g/mol. The molecule has 0 radical (unpaired) electrons. The minimum Gasteiger partial charge on any atom is -0.457 e. The first kappa shape index (κ1) is 43.7. The molecule has 63 heavy (non-hydrogen) atoms. The molecule has 0 bridgehead atoms. The van der Waals surface area contributed by atoms with E-state index in [-0.39, 0.29) is 13.2 Å². The van der Waals surface area contributed by atoms with Crippen LogP contribution in [0.1, 0.15) is 69.7 Å². The summed E-state index contributed by atoms with van der Waals surface area (Å²) >= 11 is 0. The highest BCUT2D eigenvalue weighted by atomic mass is 16.7. The first-order chi connectivity index (χ1) is 30.7. The van der Waals surface area contributed by atoms with E-state index in [2.05, 4.69) is 60.5 Å². The van der Waals surface area contributed by atoms with Gasteiger partial charge in [0.05, 0.1) is 5.41 Å². The zero-order chi connectivity index (χ0) is 44.3. The Morgan fingerprint density at radius 1 is 0.524 bits per heavy atom. The van der Waals surface area contributed by atoms with E-state index in [1.807, 2.05) is 123 Å². The third kappa shape index (κ3) is 9.13. The third-order valence-electron chi connectivity index (χ3n) is 11.2. The molecule has 2 unspecified atom stereocenters. The standard InChI is InChI=1S/C53H48N2O8/c1-5-39(62-49(56)7-3)33-60-54-51(58)43-29-27-37(31-45(43)35-19-11-9-12-20-35)53(47-25-17-15-23-41(47)42-24-16-18-26-48(42)53)38-28-30-44(46(32-38)36-21-13-10-14-22-36)52(59)55-61-34-40(6-2)63-50(57)8-4/h7-32,39-40H,3-6,33-34H2,1-2H3,(H,54,58)(H,55,59). The molecule has 0 aromatic heterocycles. The third-order valence-corrected chi connectivity index (χ3v) is 11.2. The van der Waals surface area contributed by atoms with Crippen LogP contribution in [0.5, 0.6) is 0 Å². The van der Waals surface area contributed by atoms with Crippen LogP contribution in [-0.4, -0.2) is 49.2 Å². The van der Waals surface area contributed by atoms with Gasteiger partial charge in [-0.25, -0.2) is 20.5 Å². The fourth-order valence-corrected chi connectivity index (χ4v) is 8.09. The van der Waals surface area contributed by atoms with Gasteiger partial charge in [0.15, 0.2) is 0 Å². The van der Waals surface area contributed by atoms with Crippen molar-refractivity contribution in [3.63, 3.8) is 0 Å². The summed E-state index contributed by atoms with van der Waals surface area (Å²) in [5.41, 5.74) is 13.9. The topological polar surface area (TPSA) is 129 Å². The van der Waals surface area contributed by atoms with Gasteiger partial charge in [0.2, 0.25) is 0 Å². The van der Waals surface area contributed by atoms with Gasteiger partial charge in [-0.15, -0.1) is 0 Å². The van der Waals surface area contributed by atoms with Crippen LogP contribution >= 0.6 is 0 Å². The lowest BCUT2D eigenvalue weighted by Gasteiger charge is -2.35. The molecule has 2 amide bonds. The SMILES string of the molecule is C=CC(=O)OC(CC)CONC(=O)c1ccc(C2(c3ccc(C(=O)NOCC(CC)OC(=O)C=C)c(-c4ccccc4)c3)c3ccccc3-c3ccccc32)cc1-c1ccccc1. The molecule has 0 saturated heterocycles. The van der Waals surface area contributed by atoms with E-state index in [0.29, 0.717) is 35.1 Å². The molecule has 0 saturated carbocycles. The molecule has 10 heteroatoms. The number of hydroxylamine groups is 2. The maximum absolute atomic E-state index is 14.0. The van der Waals surface area contributed by atoms with Crippen molar-refractivity contribution in [1.82, 2.24) is 11.0 Å². The molecule has 318 valence electrons. The molecule has 1 aliphatic rings. The molecule has 0 aliphatic heterocycles. The predicted molar refractivity (Wildman–Crippen MR) is 242 cm³/mol. The lowest BCUT2D eigenvalue weighted by molar-refractivity contribution is -0.148. The van der Waals surface area contributed by atoms with Crippen molar-refractivity contribution in [2.75, 3.05) is 13.2 Å². The predicted octanol–water partition coefficient (Wildman–Crippen LogP) is 9.72. The quantitative estimate of drug-likeness (QED) is 0.0497. The van der Waals surface area contributed by atoms with Gasteiger partial charge in [-0.2, -0.15) is 0 Å². The Hall–Kier alpha value is -7.40. The van der Waals surface area contributed by atoms with Crippen molar-refractivity contribution in [3.05, 3.63) is 204 Å². The average Bonchev–Trinajstić information content (AvgIpc) is 3.64. The second-order valence-electron chi connectivity index (χ2n) is 14.9. The Balaban J connectivity index is 1.36. The summed E-state index contributed by atoms with van der Waals surface area (Å²) in [6, 6.07) is 47.7. The summed E-state index contributed by atoms with van der Waals surface area (Å²) < 4.78 is 10.7. The highest BCUT2D eigenvalue weighted by molar-refractivity contribution is 6.02. The van der Waals surface area contributed by atoms with E-state index >= 15 is 0 Å². The van der Waals surface area contributed by atoms with E-state index in [4.69, 9.17) is 19.1 Å². The normalized spacial score (nSPS) is 13.0. The van der Waals surface area contributed by atoms with Crippen LogP contribution in [0, 0.1) is 0 Å². The van der Waals surface area contributed by atoms with Gasteiger partial charge in [-0.05, 0) is 92.7 Å². The number of nitrogens with one attached hydrogen (secondary N) is 2. The molecule has 2 atom stereocenters. The van der Waals surface area contributed by atoms with Crippen LogP contribution in [0.4, 0.5) is 0 Å². The minimum atomic E-state index is -0.927. The molecule has 2 N–H and O–H groups in total. The highest BCUT2D eigenvalue weighted by Crippen LogP contribution is 2.57. The van der Waals surface area contributed by atoms with Gasteiger partial charge in [0.25, 0.3) is 11.8 Å². The summed E-state index contributed by atoms with van der Waals surface area (Å²) in [4.78, 5) is 63.0. The fourth-order valence-electron chi connectivity index (χ4n) is 8.09. The number of carbonyl (C=O) groups excluding carboxylic acids is 4. The number of rotatable bonds is 18. The number of hydrogen-bond donors (Lipinski definition) is 2. The van der Waals surface area contributed by atoms with Crippen molar-refractivity contribution in [2.24, 2.45) is 0 Å². The average molecular weight is 841 g/mol. The van der Waals surface area contributed by atoms with Crippen molar-refractivity contribution in [1.29, 1.82) is 0 Å². The van der Waals surface area contributed by atoms with Crippen molar-refractivity contribution >= 4 is 23.8 Å². The minimum absolute atomic E-state index is 0.0500. The molecule has 6 aromatic rings. The first-order valence-electron chi connectivity index (χ1n) is 20.8. The molecular formula is C53H48N2O8. The Labute approximate surface area is 367 Å². The van der Waals surface area contributed by atoms with Crippen molar-refractivity contribution in [3.8, 4) is 33.4 Å². The van der Waals surface area contributed by atoms with Gasteiger partial charge in [0, 0.05) is 23.3 Å². The van der Waals surface area contributed by atoms with Crippen LogP contribution < -0.4 is 11.0 Å². The van der Waals surface area contributed by atoms with Crippen molar-refractivity contribution < 1.29 is 38.3 Å². The van der Waals surface area contributed by atoms with Gasteiger partial charge < -0.3 is 9.47 Å². The molecule has 6 aromatic carbocycles. The monoisotopic (exact) mass is 840 g/mol. The number of ether oxygens (including phenoxy) is 2. The number of carbonyl (C=O) groups is 4.